The van der Waals surface area contributed by atoms with E-state index in [1.54, 1.807) is 0 Å². The Bertz CT molecular complexity index is 44.3. The second kappa shape index (κ2) is 3.88. The van der Waals surface area contributed by atoms with Crippen molar-refractivity contribution in [1.82, 2.24) is 0 Å². The maximum Gasteiger partial charge on any atom is 0.103 e. The van der Waals surface area contributed by atoms with Crippen molar-refractivity contribution in [2.24, 2.45) is 5.92 Å². The Morgan fingerprint density at radius 1 is 1.25 bits per heavy atom. The zero-order valence-corrected chi connectivity index (χ0v) is 5.95. The minimum Gasteiger partial charge on any atom is -0.247 e. The summed E-state index contributed by atoms with van der Waals surface area (Å²) in [5.74, 6) is 0.366. The summed E-state index contributed by atoms with van der Waals surface area (Å²) >= 11 is 0. The Morgan fingerprint density at radius 2 is 1.62 bits per heavy atom. The molecule has 0 heterocycles. The van der Waals surface area contributed by atoms with Crippen LogP contribution in [0.2, 0.25) is 0 Å². The molecule has 0 amide bonds. The van der Waals surface area contributed by atoms with Gasteiger partial charge < -0.3 is 0 Å². The van der Waals surface area contributed by atoms with E-state index >= 15 is 0 Å². The minimum absolute atomic E-state index is 0.366. The molecule has 0 radical (unpaired) electrons. The smallest absolute Gasteiger partial charge is 0.103 e. The third-order valence-corrected chi connectivity index (χ3v) is 1.52. The van der Waals surface area contributed by atoms with Crippen molar-refractivity contribution in [3.8, 4) is 0 Å². The fraction of sp³-hybridized carbons (Fsp3) is 1.00. The van der Waals surface area contributed by atoms with Crippen molar-refractivity contribution >= 4 is 0 Å². The molecule has 0 nitrogen and oxygen atoms in total. The molecule has 1 heteroatoms. The summed E-state index contributed by atoms with van der Waals surface area (Å²) < 4.78 is 11.9. The van der Waals surface area contributed by atoms with Gasteiger partial charge in [0.2, 0.25) is 0 Å². The fourth-order valence-corrected chi connectivity index (χ4v) is 0.626. The lowest BCUT2D eigenvalue weighted by molar-refractivity contribution is 0.128. The normalized spacial score (nSPS) is 34.5. The summed E-state index contributed by atoms with van der Waals surface area (Å²) in [6.07, 6.45) is 1.44. The quantitative estimate of drug-likeness (QED) is 0.459. The van der Waals surface area contributed by atoms with Crippen LogP contribution < -0.4 is 0 Å². The molecule has 1 aliphatic rings. The molecule has 50 valence electrons. The van der Waals surface area contributed by atoms with Crippen molar-refractivity contribution in [1.29, 1.82) is 0 Å². The van der Waals surface area contributed by atoms with E-state index in [0.29, 0.717) is 5.92 Å². The van der Waals surface area contributed by atoms with E-state index in [0.717, 1.165) is 12.8 Å². The third kappa shape index (κ3) is 1.81. The molecule has 0 N–H and O–H groups in total. The van der Waals surface area contributed by atoms with Crippen LogP contribution in [0, 0.1) is 5.92 Å². The van der Waals surface area contributed by atoms with Crippen LogP contribution in [-0.4, -0.2) is 6.17 Å². The number of alkyl halides is 1. The maximum absolute atomic E-state index is 11.9. The molecule has 1 aliphatic carbocycles. The van der Waals surface area contributed by atoms with Gasteiger partial charge in [-0.25, -0.2) is 4.39 Å². The summed E-state index contributed by atoms with van der Waals surface area (Å²) in [6.45, 7) is 5.95. The lowest BCUT2D eigenvalue weighted by atomic mass is 9.85. The van der Waals surface area contributed by atoms with Gasteiger partial charge in [-0.2, -0.15) is 0 Å². The first kappa shape index (κ1) is 7.93. The first-order chi connectivity index (χ1) is 3.80. The average Bonchev–Trinajstić information content (AvgIpc) is 1.88. The van der Waals surface area contributed by atoms with Gasteiger partial charge in [-0.3, -0.25) is 0 Å². The SMILES string of the molecule is CC.CC1CCC1F. The molecule has 1 saturated carbocycles. The highest BCUT2D eigenvalue weighted by Crippen LogP contribution is 2.28. The monoisotopic (exact) mass is 118 g/mol. The average molecular weight is 118 g/mol. The fourth-order valence-electron chi connectivity index (χ4n) is 0.626. The van der Waals surface area contributed by atoms with Gasteiger partial charge in [0, 0.05) is 0 Å². The zero-order chi connectivity index (χ0) is 6.57. The van der Waals surface area contributed by atoms with Gasteiger partial charge >= 0.3 is 0 Å². The van der Waals surface area contributed by atoms with Crippen molar-refractivity contribution in [3.05, 3.63) is 0 Å². The van der Waals surface area contributed by atoms with Crippen molar-refractivity contribution in [2.45, 2.75) is 39.8 Å². The molecule has 8 heavy (non-hydrogen) atoms. The first-order valence-electron chi connectivity index (χ1n) is 3.45. The van der Waals surface area contributed by atoms with Crippen molar-refractivity contribution < 1.29 is 4.39 Å². The standard InChI is InChI=1S/C5H9F.C2H6/c1-4-2-3-5(4)6;1-2/h4-5H,2-3H2,1H3;1-2H3. The number of halogens is 1. The molecule has 2 unspecified atom stereocenters. The summed E-state index contributed by atoms with van der Waals surface area (Å²) in [4.78, 5) is 0. The Morgan fingerprint density at radius 3 is 1.62 bits per heavy atom. The van der Waals surface area contributed by atoms with Crippen LogP contribution in [0.25, 0.3) is 0 Å². The third-order valence-electron chi connectivity index (χ3n) is 1.52. The highest BCUT2D eigenvalue weighted by atomic mass is 19.1. The Balaban J connectivity index is 0.000000222. The van der Waals surface area contributed by atoms with E-state index in [2.05, 4.69) is 0 Å². The largest absolute Gasteiger partial charge is 0.247 e. The van der Waals surface area contributed by atoms with Gasteiger partial charge in [0.05, 0.1) is 0 Å². The molecule has 0 aliphatic heterocycles. The second-order valence-corrected chi connectivity index (χ2v) is 2.07. The summed E-state index contributed by atoms with van der Waals surface area (Å²) in [5.41, 5.74) is 0. The lowest BCUT2D eigenvalue weighted by Crippen LogP contribution is -2.23. The molecule has 0 aromatic heterocycles. The van der Waals surface area contributed by atoms with Crippen LogP contribution >= 0.6 is 0 Å². The van der Waals surface area contributed by atoms with Gasteiger partial charge in [0.15, 0.2) is 0 Å². The number of rotatable bonds is 0. The van der Waals surface area contributed by atoms with Crippen LogP contribution in [0.15, 0.2) is 0 Å². The summed E-state index contributed by atoms with van der Waals surface area (Å²) in [7, 11) is 0. The van der Waals surface area contributed by atoms with Crippen LogP contribution in [-0.2, 0) is 0 Å². The topological polar surface area (TPSA) is 0 Å². The predicted molar refractivity (Wildman–Crippen MR) is 34.6 cm³/mol. The molecule has 0 aromatic carbocycles. The van der Waals surface area contributed by atoms with E-state index in [9.17, 15) is 4.39 Å². The minimum atomic E-state index is -0.468. The molecular formula is C7H15F. The molecular weight excluding hydrogens is 103 g/mol. The Kier molecular flexibility index (Phi) is 3.84. The van der Waals surface area contributed by atoms with E-state index in [-0.39, 0.29) is 0 Å². The summed E-state index contributed by atoms with van der Waals surface area (Å²) in [6, 6.07) is 0. The van der Waals surface area contributed by atoms with Crippen LogP contribution in [0.1, 0.15) is 33.6 Å². The molecule has 1 rings (SSSR count). The molecule has 0 bridgehead atoms. The van der Waals surface area contributed by atoms with E-state index in [1.807, 2.05) is 20.8 Å². The van der Waals surface area contributed by atoms with Gasteiger partial charge in [0.25, 0.3) is 0 Å². The van der Waals surface area contributed by atoms with E-state index in [1.165, 1.54) is 0 Å². The summed E-state index contributed by atoms with van der Waals surface area (Å²) in [5, 5.41) is 0. The van der Waals surface area contributed by atoms with Gasteiger partial charge in [0.1, 0.15) is 6.17 Å². The van der Waals surface area contributed by atoms with Crippen LogP contribution in [0.3, 0.4) is 0 Å². The number of hydrogen-bond acceptors (Lipinski definition) is 0. The van der Waals surface area contributed by atoms with Crippen LogP contribution in [0.5, 0.6) is 0 Å². The van der Waals surface area contributed by atoms with Gasteiger partial charge in [-0.05, 0) is 18.8 Å². The molecule has 0 aromatic rings. The molecule has 1 fully saturated rings. The van der Waals surface area contributed by atoms with Gasteiger partial charge in [-0.1, -0.05) is 20.8 Å². The van der Waals surface area contributed by atoms with E-state index < -0.39 is 6.17 Å². The van der Waals surface area contributed by atoms with Crippen molar-refractivity contribution in [3.63, 3.8) is 0 Å². The lowest BCUT2D eigenvalue weighted by Gasteiger charge is -2.25. The second-order valence-electron chi connectivity index (χ2n) is 2.07. The van der Waals surface area contributed by atoms with E-state index in [4.69, 9.17) is 0 Å². The zero-order valence-electron chi connectivity index (χ0n) is 5.95. The first-order valence-corrected chi connectivity index (χ1v) is 3.45. The van der Waals surface area contributed by atoms with Crippen molar-refractivity contribution in [2.75, 3.05) is 0 Å². The van der Waals surface area contributed by atoms with Gasteiger partial charge in [-0.15, -0.1) is 0 Å². The predicted octanol–water partition coefficient (Wildman–Crippen LogP) is 2.78. The highest BCUT2D eigenvalue weighted by Gasteiger charge is 2.25. The molecule has 2 atom stereocenters. The highest BCUT2D eigenvalue weighted by molar-refractivity contribution is 4.75. The number of hydrogen-bond donors (Lipinski definition) is 0. The Labute approximate surface area is 51.1 Å². The maximum atomic E-state index is 11.9. The Hall–Kier alpha value is -0.0700. The molecule has 0 saturated heterocycles. The molecule has 0 spiro atoms. The van der Waals surface area contributed by atoms with Crippen LogP contribution in [0.4, 0.5) is 4.39 Å².